The monoisotopic (exact) mass is 469 g/mol. The standard InChI is InChI=1S/C22H25Cl2NO6/c1-11-15(19(26)29-6)17(13-8-7-9-14(23)18(13)24)16(12(2)25-11)20(27)30-10-31-21(28)22(3,4)5/h7-9,17,25H,10H2,1-6H3/t17-/m0/s1. The molecular formula is C22H25Cl2NO6. The summed E-state index contributed by atoms with van der Waals surface area (Å²) >= 11 is 12.6. The molecule has 0 aliphatic carbocycles. The second-order valence-corrected chi connectivity index (χ2v) is 8.79. The highest BCUT2D eigenvalue weighted by Crippen LogP contribution is 2.43. The lowest BCUT2D eigenvalue weighted by molar-refractivity contribution is -0.171. The Hall–Kier alpha value is -2.51. The SMILES string of the molecule is COC(=O)C1=C(C)NC(C)=C(C(=O)OCOC(=O)C(C)(C)C)[C@H]1c1cccc(Cl)c1Cl. The Kier molecular flexibility index (Phi) is 7.78. The van der Waals surface area contributed by atoms with E-state index in [1.807, 2.05) is 0 Å². The second kappa shape index (κ2) is 9.75. The number of carbonyl (C=O) groups excluding carboxylic acids is 3. The van der Waals surface area contributed by atoms with Crippen molar-refractivity contribution in [2.24, 2.45) is 5.41 Å². The quantitative estimate of drug-likeness (QED) is 0.501. The van der Waals surface area contributed by atoms with Crippen LogP contribution in [0.4, 0.5) is 0 Å². The van der Waals surface area contributed by atoms with Gasteiger partial charge in [0.15, 0.2) is 0 Å². The molecule has 7 nitrogen and oxygen atoms in total. The maximum absolute atomic E-state index is 13.0. The molecule has 1 atom stereocenters. The molecule has 9 heteroatoms. The maximum Gasteiger partial charge on any atom is 0.339 e. The van der Waals surface area contributed by atoms with Crippen LogP contribution in [0.15, 0.2) is 40.7 Å². The zero-order valence-corrected chi connectivity index (χ0v) is 19.7. The van der Waals surface area contributed by atoms with Crippen molar-refractivity contribution >= 4 is 41.1 Å². The average molecular weight is 470 g/mol. The fourth-order valence-electron chi connectivity index (χ4n) is 3.13. The molecule has 0 unspecified atom stereocenters. The number of hydrogen-bond acceptors (Lipinski definition) is 7. The largest absolute Gasteiger partial charge is 0.466 e. The molecular weight excluding hydrogens is 445 g/mol. The molecule has 0 amide bonds. The van der Waals surface area contributed by atoms with E-state index in [9.17, 15) is 14.4 Å². The molecule has 1 aromatic carbocycles. The van der Waals surface area contributed by atoms with Gasteiger partial charge in [-0.25, -0.2) is 9.59 Å². The minimum atomic E-state index is -0.897. The van der Waals surface area contributed by atoms with Gasteiger partial charge < -0.3 is 19.5 Å². The summed E-state index contributed by atoms with van der Waals surface area (Å²) in [5.41, 5.74) is 0.966. The topological polar surface area (TPSA) is 90.9 Å². The van der Waals surface area contributed by atoms with E-state index < -0.39 is 36.0 Å². The van der Waals surface area contributed by atoms with Gasteiger partial charge in [-0.15, -0.1) is 0 Å². The van der Waals surface area contributed by atoms with E-state index in [2.05, 4.69) is 5.32 Å². The highest BCUT2D eigenvalue weighted by Gasteiger charge is 2.39. The van der Waals surface area contributed by atoms with Crippen molar-refractivity contribution < 1.29 is 28.6 Å². The van der Waals surface area contributed by atoms with Gasteiger partial charge in [0.2, 0.25) is 6.79 Å². The zero-order valence-electron chi connectivity index (χ0n) is 18.2. The molecule has 1 N–H and O–H groups in total. The van der Waals surface area contributed by atoms with Gasteiger partial charge in [0.05, 0.1) is 39.6 Å². The van der Waals surface area contributed by atoms with Crippen LogP contribution in [0, 0.1) is 5.41 Å². The summed E-state index contributed by atoms with van der Waals surface area (Å²) in [5.74, 6) is -2.83. The molecule has 0 spiro atoms. The lowest BCUT2D eigenvalue weighted by Crippen LogP contribution is -2.33. The number of nitrogens with one attached hydrogen (secondary N) is 1. The van der Waals surface area contributed by atoms with Crippen molar-refractivity contribution in [1.82, 2.24) is 5.32 Å². The molecule has 0 saturated heterocycles. The molecule has 168 valence electrons. The van der Waals surface area contributed by atoms with Gasteiger partial charge in [-0.3, -0.25) is 4.79 Å². The van der Waals surface area contributed by atoms with E-state index in [1.165, 1.54) is 7.11 Å². The summed E-state index contributed by atoms with van der Waals surface area (Å²) < 4.78 is 15.2. The van der Waals surface area contributed by atoms with Gasteiger partial charge in [-0.05, 0) is 46.2 Å². The zero-order chi connectivity index (χ0) is 23.5. The first kappa shape index (κ1) is 24.8. The van der Waals surface area contributed by atoms with Crippen LogP contribution in [0.25, 0.3) is 0 Å². The number of halogens is 2. The minimum Gasteiger partial charge on any atom is -0.466 e. The predicted molar refractivity (Wildman–Crippen MR) is 116 cm³/mol. The number of methoxy groups -OCH3 is 1. The third-order valence-corrected chi connectivity index (χ3v) is 5.50. The molecule has 1 aliphatic rings. The van der Waals surface area contributed by atoms with Gasteiger partial charge in [-0.2, -0.15) is 0 Å². The molecule has 0 aromatic heterocycles. The molecule has 2 rings (SSSR count). The van der Waals surface area contributed by atoms with Crippen molar-refractivity contribution in [1.29, 1.82) is 0 Å². The normalized spacial score (nSPS) is 16.6. The van der Waals surface area contributed by atoms with Crippen LogP contribution in [0.5, 0.6) is 0 Å². The molecule has 1 aromatic rings. The highest BCUT2D eigenvalue weighted by molar-refractivity contribution is 6.42. The summed E-state index contributed by atoms with van der Waals surface area (Å²) in [6.45, 7) is 7.83. The number of ether oxygens (including phenoxy) is 3. The first-order chi connectivity index (χ1) is 14.4. The minimum absolute atomic E-state index is 0.127. The Balaban J connectivity index is 2.46. The van der Waals surface area contributed by atoms with Crippen molar-refractivity contribution in [2.75, 3.05) is 13.9 Å². The molecule has 0 bridgehead atoms. The number of hydrogen-bond donors (Lipinski definition) is 1. The molecule has 0 radical (unpaired) electrons. The lowest BCUT2D eigenvalue weighted by atomic mass is 9.80. The number of benzene rings is 1. The first-order valence-corrected chi connectivity index (χ1v) is 10.2. The van der Waals surface area contributed by atoms with Crippen LogP contribution in [-0.2, 0) is 28.6 Å². The van der Waals surface area contributed by atoms with E-state index >= 15 is 0 Å². The van der Waals surface area contributed by atoms with Crippen molar-refractivity contribution in [2.45, 2.75) is 40.5 Å². The van der Waals surface area contributed by atoms with Gasteiger partial charge in [0.1, 0.15) is 0 Å². The Morgan fingerprint density at radius 3 is 2.13 bits per heavy atom. The van der Waals surface area contributed by atoms with E-state index in [1.54, 1.807) is 52.8 Å². The number of carbonyl (C=O) groups is 3. The Morgan fingerprint density at radius 2 is 1.58 bits per heavy atom. The summed E-state index contributed by atoms with van der Waals surface area (Å²) in [5, 5.41) is 3.47. The van der Waals surface area contributed by atoms with E-state index in [-0.39, 0.29) is 21.2 Å². The first-order valence-electron chi connectivity index (χ1n) is 9.45. The van der Waals surface area contributed by atoms with Crippen LogP contribution in [0.2, 0.25) is 10.0 Å². The van der Waals surface area contributed by atoms with Crippen molar-refractivity contribution in [3.8, 4) is 0 Å². The van der Waals surface area contributed by atoms with Crippen LogP contribution < -0.4 is 5.32 Å². The third kappa shape index (κ3) is 5.40. The molecule has 0 fully saturated rings. The van der Waals surface area contributed by atoms with Crippen LogP contribution >= 0.6 is 23.2 Å². The number of rotatable bonds is 5. The average Bonchev–Trinajstić information content (AvgIpc) is 2.68. The Morgan fingerprint density at radius 1 is 1.00 bits per heavy atom. The maximum atomic E-state index is 13.0. The lowest BCUT2D eigenvalue weighted by Gasteiger charge is -2.30. The van der Waals surface area contributed by atoms with Crippen molar-refractivity contribution in [3.63, 3.8) is 0 Å². The second-order valence-electron chi connectivity index (χ2n) is 8.00. The van der Waals surface area contributed by atoms with Crippen LogP contribution in [0.3, 0.4) is 0 Å². The number of esters is 3. The fraction of sp³-hybridized carbons (Fsp3) is 0.409. The van der Waals surface area contributed by atoms with Gasteiger partial charge >= 0.3 is 17.9 Å². The van der Waals surface area contributed by atoms with E-state index in [0.717, 1.165) is 0 Å². The summed E-state index contributed by atoms with van der Waals surface area (Å²) in [7, 11) is 1.24. The Bertz CT molecular complexity index is 975. The van der Waals surface area contributed by atoms with Gasteiger partial charge in [0, 0.05) is 11.4 Å². The van der Waals surface area contributed by atoms with Crippen molar-refractivity contribution in [3.05, 3.63) is 56.3 Å². The van der Waals surface area contributed by atoms with Gasteiger partial charge in [-0.1, -0.05) is 35.3 Å². The summed E-state index contributed by atoms with van der Waals surface area (Å²) in [4.78, 5) is 37.6. The molecule has 0 saturated carbocycles. The number of allylic oxidation sites excluding steroid dienone is 2. The Labute approximate surface area is 191 Å². The summed E-state index contributed by atoms with van der Waals surface area (Å²) in [6, 6.07) is 4.93. The molecule has 31 heavy (non-hydrogen) atoms. The third-order valence-electron chi connectivity index (χ3n) is 4.67. The number of dihydropyridines is 1. The summed E-state index contributed by atoms with van der Waals surface area (Å²) in [6.07, 6.45) is 0. The smallest absolute Gasteiger partial charge is 0.339 e. The molecule has 1 heterocycles. The van der Waals surface area contributed by atoms with Crippen LogP contribution in [-0.4, -0.2) is 31.8 Å². The highest BCUT2D eigenvalue weighted by atomic mass is 35.5. The van der Waals surface area contributed by atoms with E-state index in [0.29, 0.717) is 17.0 Å². The van der Waals surface area contributed by atoms with Crippen LogP contribution in [0.1, 0.15) is 46.1 Å². The molecule has 1 aliphatic heterocycles. The van der Waals surface area contributed by atoms with E-state index in [4.69, 9.17) is 37.4 Å². The fourth-order valence-corrected chi connectivity index (χ4v) is 3.55. The predicted octanol–water partition coefficient (Wildman–Crippen LogP) is 4.49. The van der Waals surface area contributed by atoms with Gasteiger partial charge in [0.25, 0.3) is 0 Å².